The number of likely N-dealkylation sites (tertiary alicyclic amines) is 1. The second kappa shape index (κ2) is 9.08. The number of benzene rings is 1. The zero-order chi connectivity index (χ0) is 25.0. The number of nitrogens with one attached hydrogen (secondary N) is 1. The molecule has 3 atom stereocenters. The van der Waals surface area contributed by atoms with Gasteiger partial charge in [-0.05, 0) is 74.1 Å². The van der Waals surface area contributed by atoms with E-state index in [2.05, 4.69) is 10.2 Å². The third-order valence-electron chi connectivity index (χ3n) is 9.04. The van der Waals surface area contributed by atoms with E-state index in [-0.39, 0.29) is 37.2 Å². The highest BCUT2D eigenvalue weighted by Gasteiger charge is 2.45. The van der Waals surface area contributed by atoms with Crippen LogP contribution in [-0.4, -0.2) is 64.7 Å². The summed E-state index contributed by atoms with van der Waals surface area (Å²) in [5.41, 5.74) is 1.42. The first-order valence-electron chi connectivity index (χ1n) is 13.3. The van der Waals surface area contributed by atoms with Gasteiger partial charge in [-0.3, -0.25) is 24.6 Å². The Labute approximate surface area is 209 Å². The summed E-state index contributed by atoms with van der Waals surface area (Å²) in [4.78, 5) is 40.7. The Morgan fingerprint density at radius 1 is 0.972 bits per heavy atom. The van der Waals surface area contributed by atoms with Gasteiger partial charge in [0.25, 0.3) is 5.91 Å². The lowest BCUT2D eigenvalue weighted by Crippen LogP contribution is -2.57. The molecule has 3 heterocycles. The van der Waals surface area contributed by atoms with Crippen LogP contribution in [0.4, 0.5) is 8.78 Å². The van der Waals surface area contributed by atoms with Crippen molar-refractivity contribution in [3.8, 4) is 5.75 Å². The van der Waals surface area contributed by atoms with Gasteiger partial charge in [-0.2, -0.15) is 0 Å². The molecule has 7 nitrogen and oxygen atoms in total. The van der Waals surface area contributed by atoms with E-state index in [1.807, 2.05) is 12.1 Å². The fraction of sp³-hybridized carbons (Fsp3) is 0.667. The molecule has 36 heavy (non-hydrogen) atoms. The average Bonchev–Trinajstić information content (AvgIpc) is 3.38. The summed E-state index contributed by atoms with van der Waals surface area (Å²) in [5, 5.41) is 2.33. The first-order valence-corrected chi connectivity index (χ1v) is 13.3. The Bertz CT molecular complexity index is 1060. The SMILES string of the molecule is O=C1CCC(N2Cc3cc(O[C@H]4CCC[C@@H]4N4CC(C5CCC(F)(F)CC5)C4)ccc3C2=O)C(=O)N1. The lowest BCUT2D eigenvalue weighted by molar-refractivity contribution is -0.136. The van der Waals surface area contributed by atoms with Crippen LogP contribution < -0.4 is 10.1 Å². The van der Waals surface area contributed by atoms with E-state index in [1.165, 1.54) is 0 Å². The first-order chi connectivity index (χ1) is 17.3. The fourth-order valence-corrected chi connectivity index (χ4v) is 6.91. The van der Waals surface area contributed by atoms with E-state index >= 15 is 0 Å². The van der Waals surface area contributed by atoms with Crippen molar-refractivity contribution in [3.05, 3.63) is 29.3 Å². The summed E-state index contributed by atoms with van der Waals surface area (Å²) in [6.45, 7) is 2.28. The van der Waals surface area contributed by atoms with Crippen LogP contribution in [0.2, 0.25) is 0 Å². The number of carbonyl (C=O) groups is 3. The van der Waals surface area contributed by atoms with Gasteiger partial charge in [0.2, 0.25) is 17.7 Å². The minimum absolute atomic E-state index is 0.0329. The van der Waals surface area contributed by atoms with Crippen LogP contribution in [0.15, 0.2) is 18.2 Å². The van der Waals surface area contributed by atoms with E-state index in [9.17, 15) is 23.2 Å². The zero-order valence-electron chi connectivity index (χ0n) is 20.4. The van der Waals surface area contributed by atoms with Gasteiger partial charge in [0.15, 0.2) is 0 Å². The standard InChI is InChI=1S/C27H33F2N3O4/c28-27(29)10-8-16(9-11-27)18-13-31(14-18)21-2-1-3-23(21)36-19-4-5-20-17(12-19)15-32(26(20)35)22-6-7-24(33)30-25(22)34/h4-5,12,16,18,21-23H,1-3,6-11,13-15H2,(H,30,33,34)/t21-,22?,23-/m0/s1. The number of carbonyl (C=O) groups excluding carboxylic acids is 3. The Kier molecular flexibility index (Phi) is 6.01. The molecule has 2 aliphatic carbocycles. The number of nitrogens with zero attached hydrogens (tertiary/aromatic N) is 2. The summed E-state index contributed by atoms with van der Waals surface area (Å²) >= 11 is 0. The van der Waals surface area contributed by atoms with E-state index in [1.54, 1.807) is 11.0 Å². The van der Waals surface area contributed by atoms with Gasteiger partial charge < -0.3 is 9.64 Å². The van der Waals surface area contributed by atoms with Crippen molar-refractivity contribution < 1.29 is 27.9 Å². The predicted octanol–water partition coefficient (Wildman–Crippen LogP) is 3.50. The van der Waals surface area contributed by atoms with Crippen LogP contribution in [0.3, 0.4) is 0 Å². The van der Waals surface area contributed by atoms with E-state index in [0.29, 0.717) is 49.2 Å². The quantitative estimate of drug-likeness (QED) is 0.625. The van der Waals surface area contributed by atoms with Crippen molar-refractivity contribution >= 4 is 17.7 Å². The molecule has 2 saturated carbocycles. The Balaban J connectivity index is 1.06. The van der Waals surface area contributed by atoms with Crippen molar-refractivity contribution in [2.75, 3.05) is 13.1 Å². The summed E-state index contributed by atoms with van der Waals surface area (Å²) in [6, 6.07) is 5.24. The second-order valence-electron chi connectivity index (χ2n) is 11.3. The van der Waals surface area contributed by atoms with Gasteiger partial charge in [0.1, 0.15) is 17.9 Å². The van der Waals surface area contributed by atoms with Crippen LogP contribution in [-0.2, 0) is 16.1 Å². The maximum absolute atomic E-state index is 13.5. The number of amides is 3. The highest BCUT2D eigenvalue weighted by Crippen LogP contribution is 2.43. The van der Waals surface area contributed by atoms with Gasteiger partial charge in [0, 0.05) is 50.5 Å². The highest BCUT2D eigenvalue weighted by molar-refractivity contribution is 6.05. The molecule has 1 N–H and O–H groups in total. The Hall–Kier alpha value is -2.55. The molecule has 9 heteroatoms. The molecule has 0 spiro atoms. The summed E-state index contributed by atoms with van der Waals surface area (Å²) in [5.74, 6) is -1.69. The molecule has 4 fully saturated rings. The fourth-order valence-electron chi connectivity index (χ4n) is 6.91. The minimum Gasteiger partial charge on any atom is -0.489 e. The smallest absolute Gasteiger partial charge is 0.255 e. The van der Waals surface area contributed by atoms with E-state index < -0.39 is 17.9 Å². The van der Waals surface area contributed by atoms with Crippen LogP contribution in [0.1, 0.15) is 73.7 Å². The monoisotopic (exact) mass is 501 g/mol. The van der Waals surface area contributed by atoms with Crippen molar-refractivity contribution in [2.24, 2.45) is 11.8 Å². The number of hydrogen-bond donors (Lipinski definition) is 1. The Morgan fingerprint density at radius 2 is 1.75 bits per heavy atom. The lowest BCUT2D eigenvalue weighted by atomic mass is 9.75. The van der Waals surface area contributed by atoms with Crippen LogP contribution in [0.5, 0.6) is 5.75 Å². The lowest BCUT2D eigenvalue weighted by Gasteiger charge is -2.49. The third-order valence-corrected chi connectivity index (χ3v) is 9.04. The van der Waals surface area contributed by atoms with Gasteiger partial charge >= 0.3 is 0 Å². The number of imide groups is 1. The second-order valence-corrected chi connectivity index (χ2v) is 11.3. The molecule has 1 aromatic carbocycles. The van der Waals surface area contributed by atoms with Crippen molar-refractivity contribution in [2.45, 2.75) is 88.4 Å². The molecule has 5 aliphatic rings. The van der Waals surface area contributed by atoms with Crippen molar-refractivity contribution in [1.29, 1.82) is 0 Å². The number of alkyl halides is 2. The molecule has 194 valence electrons. The normalized spacial score (nSPS) is 31.3. The van der Waals surface area contributed by atoms with Gasteiger partial charge in [-0.25, -0.2) is 8.78 Å². The van der Waals surface area contributed by atoms with Crippen LogP contribution >= 0.6 is 0 Å². The topological polar surface area (TPSA) is 79.0 Å². The van der Waals surface area contributed by atoms with Crippen molar-refractivity contribution in [3.63, 3.8) is 0 Å². The molecular formula is C27H33F2N3O4. The summed E-state index contributed by atoms with van der Waals surface area (Å²) in [7, 11) is 0. The first kappa shape index (κ1) is 23.8. The molecule has 0 bridgehead atoms. The predicted molar refractivity (Wildman–Crippen MR) is 127 cm³/mol. The molecule has 1 aromatic rings. The number of ether oxygens (including phenoxy) is 1. The number of rotatable bonds is 5. The number of hydrogen-bond acceptors (Lipinski definition) is 5. The molecule has 2 saturated heterocycles. The molecule has 0 radical (unpaired) electrons. The molecule has 0 aromatic heterocycles. The van der Waals surface area contributed by atoms with E-state index in [0.717, 1.165) is 43.7 Å². The number of fused-ring (bicyclic) bond motifs is 1. The van der Waals surface area contributed by atoms with E-state index in [4.69, 9.17) is 4.74 Å². The molecular weight excluding hydrogens is 468 g/mol. The minimum atomic E-state index is -2.47. The van der Waals surface area contributed by atoms with Gasteiger partial charge in [-0.1, -0.05) is 0 Å². The largest absolute Gasteiger partial charge is 0.489 e. The summed E-state index contributed by atoms with van der Waals surface area (Å²) in [6.07, 6.45) is 5.14. The van der Waals surface area contributed by atoms with Gasteiger partial charge in [-0.15, -0.1) is 0 Å². The number of halogens is 2. The zero-order valence-corrected chi connectivity index (χ0v) is 20.4. The molecule has 1 unspecified atom stereocenters. The number of piperidine rings is 1. The molecule has 6 rings (SSSR count). The van der Waals surface area contributed by atoms with Crippen molar-refractivity contribution in [1.82, 2.24) is 15.1 Å². The maximum atomic E-state index is 13.5. The maximum Gasteiger partial charge on any atom is 0.255 e. The van der Waals surface area contributed by atoms with Crippen LogP contribution in [0, 0.1) is 11.8 Å². The third kappa shape index (κ3) is 4.40. The average molecular weight is 502 g/mol. The molecule has 3 amide bonds. The van der Waals surface area contributed by atoms with Crippen LogP contribution in [0.25, 0.3) is 0 Å². The highest BCUT2D eigenvalue weighted by atomic mass is 19.3. The summed E-state index contributed by atoms with van der Waals surface area (Å²) < 4.78 is 33.5. The van der Waals surface area contributed by atoms with Gasteiger partial charge in [0.05, 0.1) is 0 Å². The molecule has 3 aliphatic heterocycles. The Morgan fingerprint density at radius 3 is 2.50 bits per heavy atom.